The van der Waals surface area contributed by atoms with Crippen LogP contribution in [-0.2, 0) is 0 Å². The van der Waals surface area contributed by atoms with Crippen LogP contribution < -0.4 is 0 Å². The number of ketones is 1. The van der Waals surface area contributed by atoms with Crippen molar-refractivity contribution < 1.29 is 9.18 Å². The molecule has 1 aromatic heterocycles. The number of benzene rings is 1. The number of hydrogen-bond donors (Lipinski definition) is 0. The van der Waals surface area contributed by atoms with E-state index in [9.17, 15) is 9.18 Å². The molecule has 0 radical (unpaired) electrons. The predicted molar refractivity (Wildman–Crippen MR) is 67.5 cm³/mol. The summed E-state index contributed by atoms with van der Waals surface area (Å²) >= 11 is 5.99. The van der Waals surface area contributed by atoms with Crippen molar-refractivity contribution in [3.05, 3.63) is 52.6 Å². The standard InChI is InChI=1S/C13H12ClFN2O/c1-8(2)17-12(11(14)7-16-17)13(18)9-3-5-10(15)6-4-9/h3-8H,1-2H3. The van der Waals surface area contributed by atoms with Gasteiger partial charge in [-0.1, -0.05) is 11.6 Å². The number of nitrogens with zero attached hydrogens (tertiary/aromatic N) is 2. The highest BCUT2D eigenvalue weighted by Gasteiger charge is 2.20. The fourth-order valence-corrected chi connectivity index (χ4v) is 1.90. The molecule has 0 aliphatic heterocycles. The Morgan fingerprint density at radius 1 is 1.33 bits per heavy atom. The molecule has 0 saturated carbocycles. The topological polar surface area (TPSA) is 34.9 Å². The maximum Gasteiger partial charge on any atom is 0.212 e. The van der Waals surface area contributed by atoms with E-state index in [0.717, 1.165) is 0 Å². The molecule has 0 bridgehead atoms. The average Bonchev–Trinajstić information content (AvgIpc) is 2.71. The van der Waals surface area contributed by atoms with Crippen molar-refractivity contribution in [2.24, 2.45) is 0 Å². The predicted octanol–water partition coefficient (Wildman–Crippen LogP) is 3.49. The SMILES string of the molecule is CC(C)n1ncc(Cl)c1C(=O)c1ccc(F)cc1. The van der Waals surface area contributed by atoms with Crippen LogP contribution in [0, 0.1) is 5.82 Å². The third kappa shape index (κ3) is 2.29. The van der Waals surface area contributed by atoms with Gasteiger partial charge in [0.1, 0.15) is 11.5 Å². The molecule has 0 aliphatic rings. The highest BCUT2D eigenvalue weighted by molar-refractivity contribution is 6.34. The molecular weight excluding hydrogens is 255 g/mol. The zero-order valence-electron chi connectivity index (χ0n) is 10.0. The fraction of sp³-hybridized carbons (Fsp3) is 0.231. The number of carbonyl (C=O) groups is 1. The molecule has 0 aliphatic carbocycles. The first kappa shape index (κ1) is 12.8. The van der Waals surface area contributed by atoms with Gasteiger partial charge in [0.15, 0.2) is 0 Å². The summed E-state index contributed by atoms with van der Waals surface area (Å²) in [5, 5.41) is 4.37. The van der Waals surface area contributed by atoms with Gasteiger partial charge in [-0.3, -0.25) is 9.48 Å². The lowest BCUT2D eigenvalue weighted by atomic mass is 10.1. The number of aromatic nitrogens is 2. The lowest BCUT2D eigenvalue weighted by Gasteiger charge is -2.10. The van der Waals surface area contributed by atoms with E-state index in [1.165, 1.54) is 30.5 Å². The Kier molecular flexibility index (Phi) is 3.48. The molecule has 3 nitrogen and oxygen atoms in total. The van der Waals surface area contributed by atoms with Gasteiger partial charge in [0.2, 0.25) is 5.78 Å². The minimum atomic E-state index is -0.380. The molecule has 5 heteroatoms. The van der Waals surface area contributed by atoms with Gasteiger partial charge in [0, 0.05) is 11.6 Å². The summed E-state index contributed by atoms with van der Waals surface area (Å²) in [5.74, 6) is -0.638. The highest BCUT2D eigenvalue weighted by Crippen LogP contribution is 2.22. The summed E-state index contributed by atoms with van der Waals surface area (Å²) in [6.45, 7) is 3.82. The average molecular weight is 267 g/mol. The first-order valence-electron chi connectivity index (χ1n) is 5.54. The Morgan fingerprint density at radius 3 is 2.50 bits per heavy atom. The van der Waals surface area contributed by atoms with Crippen molar-refractivity contribution >= 4 is 17.4 Å². The van der Waals surface area contributed by atoms with E-state index < -0.39 is 0 Å². The summed E-state index contributed by atoms with van der Waals surface area (Å²) in [6, 6.07) is 5.39. The summed E-state index contributed by atoms with van der Waals surface area (Å²) in [7, 11) is 0. The number of rotatable bonds is 3. The van der Waals surface area contributed by atoms with Crippen molar-refractivity contribution in [3.8, 4) is 0 Å². The van der Waals surface area contributed by atoms with Crippen molar-refractivity contribution in [2.75, 3.05) is 0 Å². The minimum Gasteiger partial charge on any atom is -0.287 e. The third-order valence-electron chi connectivity index (χ3n) is 2.56. The molecule has 1 heterocycles. The van der Waals surface area contributed by atoms with E-state index in [0.29, 0.717) is 16.3 Å². The maximum atomic E-state index is 12.8. The van der Waals surface area contributed by atoms with Gasteiger partial charge >= 0.3 is 0 Å². The second kappa shape index (κ2) is 4.90. The van der Waals surface area contributed by atoms with Gasteiger partial charge in [-0.25, -0.2) is 4.39 Å². The Bertz CT molecular complexity index is 575. The quantitative estimate of drug-likeness (QED) is 0.797. The van der Waals surface area contributed by atoms with E-state index in [1.807, 2.05) is 13.8 Å². The number of carbonyl (C=O) groups excluding carboxylic acids is 1. The van der Waals surface area contributed by atoms with Crippen molar-refractivity contribution in [2.45, 2.75) is 19.9 Å². The van der Waals surface area contributed by atoms with Crippen LogP contribution >= 0.6 is 11.6 Å². The Labute approximate surface area is 109 Å². The molecule has 0 fully saturated rings. The van der Waals surface area contributed by atoms with E-state index in [2.05, 4.69) is 5.10 Å². The highest BCUT2D eigenvalue weighted by atomic mass is 35.5. The van der Waals surface area contributed by atoms with E-state index in [-0.39, 0.29) is 17.6 Å². The summed E-state index contributed by atoms with van der Waals surface area (Å²) in [4.78, 5) is 12.3. The molecule has 18 heavy (non-hydrogen) atoms. The zero-order valence-corrected chi connectivity index (χ0v) is 10.8. The maximum absolute atomic E-state index is 12.8. The molecular formula is C13H12ClFN2O. The van der Waals surface area contributed by atoms with Crippen LogP contribution in [0.1, 0.15) is 35.9 Å². The number of halogens is 2. The van der Waals surface area contributed by atoms with Crippen LogP contribution in [0.25, 0.3) is 0 Å². The minimum absolute atomic E-state index is 0.0249. The van der Waals surface area contributed by atoms with Gasteiger partial charge in [0.25, 0.3) is 0 Å². The lowest BCUT2D eigenvalue weighted by Crippen LogP contribution is -2.13. The molecule has 0 amide bonds. The zero-order chi connectivity index (χ0) is 13.3. The largest absolute Gasteiger partial charge is 0.287 e. The molecule has 0 spiro atoms. The first-order valence-corrected chi connectivity index (χ1v) is 5.91. The first-order chi connectivity index (χ1) is 8.50. The molecule has 0 unspecified atom stereocenters. The second-order valence-electron chi connectivity index (χ2n) is 4.22. The molecule has 1 aromatic carbocycles. The molecule has 2 rings (SSSR count). The molecule has 94 valence electrons. The van der Waals surface area contributed by atoms with E-state index in [4.69, 9.17) is 11.6 Å². The van der Waals surface area contributed by atoms with Gasteiger partial charge in [0.05, 0.1) is 11.2 Å². The van der Waals surface area contributed by atoms with E-state index >= 15 is 0 Å². The summed E-state index contributed by atoms with van der Waals surface area (Å²) in [6.07, 6.45) is 1.44. The van der Waals surface area contributed by atoms with Crippen LogP contribution in [0.2, 0.25) is 5.02 Å². The van der Waals surface area contributed by atoms with Gasteiger partial charge in [-0.05, 0) is 38.1 Å². The van der Waals surface area contributed by atoms with Crippen molar-refractivity contribution in [1.29, 1.82) is 0 Å². The summed E-state index contributed by atoms with van der Waals surface area (Å²) < 4.78 is 14.4. The van der Waals surface area contributed by atoms with Gasteiger partial charge in [-0.15, -0.1) is 0 Å². The monoisotopic (exact) mass is 266 g/mol. The molecule has 0 atom stereocenters. The Balaban J connectivity index is 2.45. The third-order valence-corrected chi connectivity index (χ3v) is 2.84. The van der Waals surface area contributed by atoms with E-state index in [1.54, 1.807) is 4.68 Å². The van der Waals surface area contributed by atoms with Crippen LogP contribution in [0.4, 0.5) is 4.39 Å². The van der Waals surface area contributed by atoms with Crippen LogP contribution in [-0.4, -0.2) is 15.6 Å². The molecule has 0 N–H and O–H groups in total. The fourth-order valence-electron chi connectivity index (χ4n) is 1.68. The number of hydrogen-bond acceptors (Lipinski definition) is 2. The molecule has 2 aromatic rings. The van der Waals surface area contributed by atoms with Crippen molar-refractivity contribution in [1.82, 2.24) is 9.78 Å². The Morgan fingerprint density at radius 2 is 1.94 bits per heavy atom. The van der Waals surface area contributed by atoms with Crippen LogP contribution in [0.3, 0.4) is 0 Å². The van der Waals surface area contributed by atoms with Crippen LogP contribution in [0.15, 0.2) is 30.5 Å². The molecule has 0 saturated heterocycles. The summed E-state index contributed by atoms with van der Waals surface area (Å²) in [5.41, 5.74) is 0.721. The second-order valence-corrected chi connectivity index (χ2v) is 4.62. The smallest absolute Gasteiger partial charge is 0.212 e. The lowest BCUT2D eigenvalue weighted by molar-refractivity contribution is 0.102. The van der Waals surface area contributed by atoms with Crippen molar-refractivity contribution in [3.63, 3.8) is 0 Å². The van der Waals surface area contributed by atoms with Gasteiger partial charge < -0.3 is 0 Å². The normalized spacial score (nSPS) is 10.9. The Hall–Kier alpha value is -1.68. The van der Waals surface area contributed by atoms with Crippen LogP contribution in [0.5, 0.6) is 0 Å². The van der Waals surface area contributed by atoms with Gasteiger partial charge in [-0.2, -0.15) is 5.10 Å².